The van der Waals surface area contributed by atoms with Crippen LogP contribution in [0.25, 0.3) is 0 Å². The molecular formula is C27H18Cl3N3O4. The Kier molecular flexibility index (Phi) is 8.08. The zero-order valence-corrected chi connectivity index (χ0v) is 21.3. The van der Waals surface area contributed by atoms with Gasteiger partial charge >= 0.3 is 5.69 Å². The molecule has 0 unspecified atom stereocenters. The average molecular weight is 555 g/mol. The molecule has 4 aromatic carbocycles. The minimum Gasteiger partial charge on any atom is -0.502 e. The first-order valence-electron chi connectivity index (χ1n) is 10.9. The Balaban J connectivity index is 1.59. The first kappa shape index (κ1) is 26.2. The van der Waals surface area contributed by atoms with Crippen molar-refractivity contribution >= 4 is 64.0 Å². The predicted octanol–water partition coefficient (Wildman–Crippen LogP) is 7.85. The molecule has 4 aromatic rings. The number of nitro groups is 1. The molecule has 0 saturated carbocycles. The molecule has 0 bridgehead atoms. The quantitative estimate of drug-likeness (QED) is 0.138. The number of hydrogen-bond acceptors (Lipinski definition) is 5. The molecule has 0 aliphatic carbocycles. The first-order valence-corrected chi connectivity index (χ1v) is 12.0. The molecule has 0 aromatic heterocycles. The third-order valence-electron chi connectivity index (χ3n) is 5.36. The fourth-order valence-electron chi connectivity index (χ4n) is 3.58. The van der Waals surface area contributed by atoms with Crippen LogP contribution >= 0.6 is 34.8 Å². The van der Waals surface area contributed by atoms with Gasteiger partial charge in [0.25, 0.3) is 5.91 Å². The van der Waals surface area contributed by atoms with Gasteiger partial charge in [-0.3, -0.25) is 19.9 Å². The summed E-state index contributed by atoms with van der Waals surface area (Å²) in [5, 5.41) is 25.9. The van der Waals surface area contributed by atoms with Crippen molar-refractivity contribution in [2.75, 3.05) is 5.32 Å². The number of nitro benzene ring substituents is 1. The molecule has 1 amide bonds. The van der Waals surface area contributed by atoms with Crippen molar-refractivity contribution in [3.63, 3.8) is 0 Å². The molecule has 4 rings (SSSR count). The van der Waals surface area contributed by atoms with Crippen molar-refractivity contribution in [3.05, 3.63) is 126 Å². The molecule has 0 spiro atoms. The third-order valence-corrected chi connectivity index (χ3v) is 6.28. The number of phenols is 1. The highest BCUT2D eigenvalue weighted by Crippen LogP contribution is 2.32. The van der Waals surface area contributed by atoms with Gasteiger partial charge in [-0.05, 0) is 66.1 Å². The van der Waals surface area contributed by atoms with Crippen LogP contribution in [0.5, 0.6) is 5.75 Å². The van der Waals surface area contributed by atoms with Crippen LogP contribution < -0.4 is 5.32 Å². The molecule has 37 heavy (non-hydrogen) atoms. The average Bonchev–Trinajstić information content (AvgIpc) is 2.85. The maximum Gasteiger partial charge on any atom is 0.311 e. The Morgan fingerprint density at radius 1 is 0.973 bits per heavy atom. The van der Waals surface area contributed by atoms with Crippen LogP contribution in [0.4, 0.5) is 17.1 Å². The molecule has 0 aliphatic rings. The normalized spacial score (nSPS) is 11.0. The Labute approximate surface area is 227 Å². The van der Waals surface area contributed by atoms with E-state index in [1.165, 1.54) is 24.4 Å². The lowest BCUT2D eigenvalue weighted by Gasteiger charge is -2.08. The summed E-state index contributed by atoms with van der Waals surface area (Å²) in [5.41, 5.74) is 2.25. The van der Waals surface area contributed by atoms with Gasteiger partial charge in [0.1, 0.15) is 0 Å². The van der Waals surface area contributed by atoms with Crippen molar-refractivity contribution in [1.82, 2.24) is 0 Å². The molecule has 10 heteroatoms. The zero-order valence-electron chi connectivity index (χ0n) is 19.0. The van der Waals surface area contributed by atoms with E-state index in [0.717, 1.165) is 5.56 Å². The summed E-state index contributed by atoms with van der Waals surface area (Å²) < 4.78 is 0. The van der Waals surface area contributed by atoms with E-state index in [1.807, 2.05) is 12.1 Å². The largest absolute Gasteiger partial charge is 0.502 e. The summed E-state index contributed by atoms with van der Waals surface area (Å²) in [6.07, 6.45) is 1.66. The van der Waals surface area contributed by atoms with Gasteiger partial charge in [-0.15, -0.1) is 0 Å². The van der Waals surface area contributed by atoms with Crippen molar-refractivity contribution < 1.29 is 14.8 Å². The van der Waals surface area contributed by atoms with Gasteiger partial charge in [0, 0.05) is 33.6 Å². The molecule has 186 valence electrons. The molecule has 2 N–H and O–H groups in total. The number of aromatic hydroxyl groups is 1. The maximum absolute atomic E-state index is 12.6. The smallest absolute Gasteiger partial charge is 0.311 e. The number of amides is 1. The monoisotopic (exact) mass is 553 g/mol. The number of nitrogens with one attached hydrogen (secondary N) is 1. The number of hydrogen-bond donors (Lipinski definition) is 2. The number of carbonyl (C=O) groups excluding carboxylic acids is 1. The summed E-state index contributed by atoms with van der Waals surface area (Å²) in [6, 6.07) is 21.3. The van der Waals surface area contributed by atoms with E-state index in [-0.39, 0.29) is 16.1 Å². The van der Waals surface area contributed by atoms with E-state index < -0.39 is 22.3 Å². The highest BCUT2D eigenvalue weighted by Gasteiger charge is 2.19. The van der Waals surface area contributed by atoms with E-state index in [4.69, 9.17) is 34.8 Å². The second kappa shape index (κ2) is 11.4. The Bertz CT molecular complexity index is 1540. The van der Waals surface area contributed by atoms with Crippen LogP contribution in [0, 0.1) is 10.1 Å². The van der Waals surface area contributed by atoms with Gasteiger partial charge in [0.05, 0.1) is 21.2 Å². The number of nitrogens with zero attached hydrogens (tertiary/aromatic N) is 2. The number of aliphatic imine (C=N–C) groups is 1. The van der Waals surface area contributed by atoms with Gasteiger partial charge in [-0.25, -0.2) is 0 Å². The SMILES string of the molecule is O=C(Nc1cccc(N=Cc2cc(Cc3ccccc3Cl)cc([N+](=O)[O-])c2O)c1)c1ccc(Cl)cc1Cl. The summed E-state index contributed by atoms with van der Waals surface area (Å²) in [4.78, 5) is 27.8. The lowest BCUT2D eigenvalue weighted by molar-refractivity contribution is -0.385. The highest BCUT2D eigenvalue weighted by atomic mass is 35.5. The van der Waals surface area contributed by atoms with Gasteiger partial charge < -0.3 is 10.4 Å². The highest BCUT2D eigenvalue weighted by molar-refractivity contribution is 6.37. The minimum atomic E-state index is -0.652. The van der Waals surface area contributed by atoms with E-state index in [9.17, 15) is 20.0 Å². The van der Waals surface area contributed by atoms with Crippen LogP contribution in [-0.2, 0) is 6.42 Å². The number of carbonyl (C=O) groups is 1. The van der Waals surface area contributed by atoms with Crippen molar-refractivity contribution in [2.45, 2.75) is 6.42 Å². The molecular weight excluding hydrogens is 537 g/mol. The summed E-state index contributed by atoms with van der Waals surface area (Å²) >= 11 is 18.2. The molecule has 0 saturated heterocycles. The molecule has 0 atom stereocenters. The third kappa shape index (κ3) is 6.46. The number of anilines is 1. The fourth-order valence-corrected chi connectivity index (χ4v) is 4.28. The topological polar surface area (TPSA) is 105 Å². The number of benzene rings is 4. The van der Waals surface area contributed by atoms with Crippen molar-refractivity contribution in [3.8, 4) is 5.75 Å². The van der Waals surface area contributed by atoms with Crippen LogP contribution in [0.15, 0.2) is 83.9 Å². The molecule has 0 fully saturated rings. The molecule has 0 radical (unpaired) electrons. The molecule has 0 heterocycles. The lowest BCUT2D eigenvalue weighted by atomic mass is 10.0. The first-order chi connectivity index (χ1) is 17.7. The van der Waals surface area contributed by atoms with Crippen LogP contribution in [-0.4, -0.2) is 22.2 Å². The molecule has 0 aliphatic heterocycles. The predicted molar refractivity (Wildman–Crippen MR) is 147 cm³/mol. The Morgan fingerprint density at radius 2 is 1.76 bits per heavy atom. The van der Waals surface area contributed by atoms with E-state index in [1.54, 1.807) is 48.5 Å². The Morgan fingerprint density at radius 3 is 2.49 bits per heavy atom. The number of rotatable bonds is 7. The lowest BCUT2D eigenvalue weighted by Crippen LogP contribution is -2.12. The van der Waals surface area contributed by atoms with Crippen LogP contribution in [0.1, 0.15) is 27.0 Å². The number of phenolic OH excluding ortho intramolecular Hbond substituents is 1. The van der Waals surface area contributed by atoms with Gasteiger partial charge in [0.15, 0.2) is 0 Å². The van der Waals surface area contributed by atoms with Crippen molar-refractivity contribution in [1.29, 1.82) is 0 Å². The summed E-state index contributed by atoms with van der Waals surface area (Å²) in [7, 11) is 0. The Hall–Kier alpha value is -3.91. The van der Waals surface area contributed by atoms with E-state index in [2.05, 4.69) is 10.3 Å². The summed E-state index contributed by atoms with van der Waals surface area (Å²) in [6.45, 7) is 0. The van der Waals surface area contributed by atoms with E-state index in [0.29, 0.717) is 33.4 Å². The van der Waals surface area contributed by atoms with Gasteiger partial charge in [-0.1, -0.05) is 59.1 Å². The summed E-state index contributed by atoms with van der Waals surface area (Å²) in [5.74, 6) is -0.929. The second-order valence-electron chi connectivity index (χ2n) is 7.96. The van der Waals surface area contributed by atoms with Crippen molar-refractivity contribution in [2.24, 2.45) is 4.99 Å². The van der Waals surface area contributed by atoms with E-state index >= 15 is 0 Å². The van der Waals surface area contributed by atoms with Gasteiger partial charge in [-0.2, -0.15) is 0 Å². The number of halogens is 3. The van der Waals surface area contributed by atoms with Crippen LogP contribution in [0.3, 0.4) is 0 Å². The fraction of sp³-hybridized carbons (Fsp3) is 0.0370. The maximum atomic E-state index is 12.6. The second-order valence-corrected chi connectivity index (χ2v) is 9.22. The zero-order chi connectivity index (χ0) is 26.5. The standard InChI is InChI=1S/C27H18Cl3N3O4/c28-19-8-9-22(24(30)13-19)27(35)32-21-6-3-5-20(14-21)31-15-18-11-16(12-25(26(18)34)33(36)37)10-17-4-1-2-7-23(17)29/h1-9,11-15,34H,10H2,(H,32,35). The van der Waals surface area contributed by atoms with Gasteiger partial charge in [0.2, 0.25) is 5.75 Å². The van der Waals surface area contributed by atoms with Crippen LogP contribution in [0.2, 0.25) is 15.1 Å². The minimum absolute atomic E-state index is 0.165. The molecule has 7 nitrogen and oxygen atoms in total.